The molecule has 0 heterocycles. The third kappa shape index (κ3) is 3.85. The Kier molecular flexibility index (Phi) is 5.68. The molecule has 4 heteroatoms. The third-order valence-electron chi connectivity index (χ3n) is 2.17. The summed E-state index contributed by atoms with van der Waals surface area (Å²) in [7, 11) is 1.57. The second-order valence-corrected chi connectivity index (χ2v) is 3.79. The van der Waals surface area contributed by atoms with Crippen molar-refractivity contribution in [3.63, 3.8) is 0 Å². The Bertz CT molecular complexity index is 413. The molecule has 0 saturated heterocycles. The zero-order valence-corrected chi connectivity index (χ0v) is 10.8. The molecule has 0 bridgehead atoms. The maximum atomic E-state index is 6.13. The fourth-order valence-corrected chi connectivity index (χ4v) is 1.69. The predicted octanol–water partition coefficient (Wildman–Crippen LogP) is 2.47. The average Bonchev–Trinajstić information content (AvgIpc) is 2.34. The van der Waals surface area contributed by atoms with Crippen molar-refractivity contribution in [1.82, 2.24) is 5.32 Å². The van der Waals surface area contributed by atoms with Gasteiger partial charge in [-0.05, 0) is 24.2 Å². The number of halogens is 1. The average molecular weight is 254 g/mol. The van der Waals surface area contributed by atoms with E-state index in [0.717, 1.165) is 18.7 Å². The van der Waals surface area contributed by atoms with Crippen LogP contribution in [-0.2, 0) is 6.54 Å². The Morgan fingerprint density at radius 1 is 1.47 bits per heavy atom. The first-order valence-corrected chi connectivity index (χ1v) is 5.74. The molecule has 1 rings (SSSR count). The van der Waals surface area contributed by atoms with Crippen LogP contribution in [-0.4, -0.2) is 20.3 Å². The van der Waals surface area contributed by atoms with E-state index in [9.17, 15) is 0 Å². The van der Waals surface area contributed by atoms with Crippen LogP contribution in [0.4, 0.5) is 0 Å². The van der Waals surface area contributed by atoms with E-state index >= 15 is 0 Å². The van der Waals surface area contributed by atoms with Crippen LogP contribution in [0.5, 0.6) is 11.5 Å². The van der Waals surface area contributed by atoms with Gasteiger partial charge in [0.15, 0.2) is 11.5 Å². The van der Waals surface area contributed by atoms with Crippen molar-refractivity contribution in [2.75, 3.05) is 20.3 Å². The van der Waals surface area contributed by atoms with Crippen molar-refractivity contribution < 1.29 is 9.47 Å². The van der Waals surface area contributed by atoms with Gasteiger partial charge in [0.1, 0.15) is 6.61 Å². The van der Waals surface area contributed by atoms with Crippen LogP contribution in [0.15, 0.2) is 12.1 Å². The summed E-state index contributed by atoms with van der Waals surface area (Å²) < 4.78 is 10.6. The number of rotatable bonds is 6. The lowest BCUT2D eigenvalue weighted by Gasteiger charge is -2.13. The first kappa shape index (κ1) is 13.7. The van der Waals surface area contributed by atoms with E-state index in [1.807, 2.05) is 19.1 Å². The van der Waals surface area contributed by atoms with E-state index < -0.39 is 0 Å². The highest BCUT2D eigenvalue weighted by Crippen LogP contribution is 2.36. The fraction of sp³-hybridized carbons (Fsp3) is 0.385. The highest BCUT2D eigenvalue weighted by atomic mass is 35.5. The van der Waals surface area contributed by atoms with E-state index in [1.54, 1.807) is 7.11 Å². The predicted molar refractivity (Wildman–Crippen MR) is 69.7 cm³/mol. The maximum Gasteiger partial charge on any atom is 0.181 e. The van der Waals surface area contributed by atoms with Gasteiger partial charge in [0.2, 0.25) is 0 Å². The molecule has 0 aliphatic carbocycles. The second-order valence-electron chi connectivity index (χ2n) is 3.38. The molecule has 92 valence electrons. The van der Waals surface area contributed by atoms with Crippen molar-refractivity contribution in [3.05, 3.63) is 22.7 Å². The summed E-state index contributed by atoms with van der Waals surface area (Å²) in [4.78, 5) is 0. The van der Waals surface area contributed by atoms with Gasteiger partial charge < -0.3 is 14.8 Å². The maximum absolute atomic E-state index is 6.13. The molecule has 1 aromatic rings. The molecule has 0 aromatic heterocycles. The molecule has 0 radical (unpaired) electrons. The number of methoxy groups -OCH3 is 1. The minimum Gasteiger partial charge on any atom is -0.493 e. The molecular formula is C13H16ClNO2. The van der Waals surface area contributed by atoms with Crippen molar-refractivity contribution in [3.8, 4) is 23.8 Å². The molecule has 0 atom stereocenters. The van der Waals surface area contributed by atoms with E-state index in [-0.39, 0.29) is 6.61 Å². The molecule has 0 aliphatic rings. The van der Waals surface area contributed by atoms with E-state index in [2.05, 4.69) is 11.2 Å². The quantitative estimate of drug-likeness (QED) is 0.790. The van der Waals surface area contributed by atoms with E-state index in [4.69, 9.17) is 27.5 Å². The lowest BCUT2D eigenvalue weighted by Crippen LogP contribution is -2.12. The molecule has 3 nitrogen and oxygen atoms in total. The van der Waals surface area contributed by atoms with Gasteiger partial charge in [-0.15, -0.1) is 6.42 Å². The number of terminal acetylenes is 1. The van der Waals surface area contributed by atoms with Crippen molar-refractivity contribution in [2.45, 2.75) is 13.5 Å². The van der Waals surface area contributed by atoms with Gasteiger partial charge in [0.25, 0.3) is 0 Å². The van der Waals surface area contributed by atoms with E-state index in [1.165, 1.54) is 0 Å². The highest BCUT2D eigenvalue weighted by molar-refractivity contribution is 6.32. The smallest absolute Gasteiger partial charge is 0.181 e. The summed E-state index contributed by atoms with van der Waals surface area (Å²) >= 11 is 6.13. The molecule has 0 aliphatic heterocycles. The molecule has 1 aromatic carbocycles. The van der Waals surface area contributed by atoms with Gasteiger partial charge in [-0.2, -0.15) is 0 Å². The molecule has 0 spiro atoms. The van der Waals surface area contributed by atoms with Crippen molar-refractivity contribution in [1.29, 1.82) is 0 Å². The van der Waals surface area contributed by atoms with Crippen LogP contribution in [0, 0.1) is 12.3 Å². The number of hydrogen-bond acceptors (Lipinski definition) is 3. The monoisotopic (exact) mass is 253 g/mol. The largest absolute Gasteiger partial charge is 0.493 e. The zero-order valence-electron chi connectivity index (χ0n) is 10.0. The van der Waals surface area contributed by atoms with Crippen LogP contribution < -0.4 is 14.8 Å². The summed E-state index contributed by atoms with van der Waals surface area (Å²) in [6.45, 7) is 3.85. The number of hydrogen-bond donors (Lipinski definition) is 1. The number of nitrogens with one attached hydrogen (secondary N) is 1. The van der Waals surface area contributed by atoms with Crippen molar-refractivity contribution >= 4 is 11.6 Å². The van der Waals surface area contributed by atoms with Crippen LogP contribution >= 0.6 is 11.6 Å². The first-order valence-electron chi connectivity index (χ1n) is 5.36. The fourth-order valence-electron chi connectivity index (χ4n) is 1.40. The highest BCUT2D eigenvalue weighted by Gasteiger charge is 2.11. The number of benzene rings is 1. The molecule has 17 heavy (non-hydrogen) atoms. The van der Waals surface area contributed by atoms with Gasteiger partial charge in [0.05, 0.1) is 12.1 Å². The topological polar surface area (TPSA) is 30.5 Å². The Hall–Kier alpha value is -1.37. The zero-order chi connectivity index (χ0) is 12.7. The summed E-state index contributed by atoms with van der Waals surface area (Å²) in [5, 5.41) is 3.73. The van der Waals surface area contributed by atoms with Gasteiger partial charge in [-0.1, -0.05) is 24.4 Å². The van der Waals surface area contributed by atoms with Gasteiger partial charge >= 0.3 is 0 Å². The second kappa shape index (κ2) is 7.05. The molecule has 1 N–H and O–H groups in total. The van der Waals surface area contributed by atoms with Crippen molar-refractivity contribution in [2.24, 2.45) is 0 Å². The molecule has 0 unspecified atom stereocenters. The van der Waals surface area contributed by atoms with Gasteiger partial charge in [-0.25, -0.2) is 0 Å². The summed E-state index contributed by atoms with van der Waals surface area (Å²) in [5.41, 5.74) is 1.04. The summed E-state index contributed by atoms with van der Waals surface area (Å²) in [6, 6.07) is 3.74. The third-order valence-corrected chi connectivity index (χ3v) is 2.45. The Morgan fingerprint density at radius 3 is 2.82 bits per heavy atom. The van der Waals surface area contributed by atoms with Crippen LogP contribution in [0.1, 0.15) is 12.5 Å². The Labute approximate surface area is 107 Å². The van der Waals surface area contributed by atoms with Gasteiger partial charge in [0, 0.05) is 6.54 Å². The Balaban J connectivity index is 2.95. The lowest BCUT2D eigenvalue weighted by atomic mass is 10.2. The standard InChI is InChI=1S/C13H16ClNO2/c1-4-6-17-13-11(14)7-10(9-15-5-2)8-12(13)16-3/h1,7-8,15H,5-6,9H2,2-3H3. The SMILES string of the molecule is C#CCOc1c(Cl)cc(CNCC)cc1OC. The van der Waals surface area contributed by atoms with Crippen LogP contribution in [0.3, 0.4) is 0 Å². The minimum atomic E-state index is 0.169. The first-order chi connectivity index (χ1) is 8.22. The molecule has 0 saturated carbocycles. The normalized spacial score (nSPS) is 9.76. The molecule has 0 fully saturated rings. The number of ether oxygens (including phenoxy) is 2. The summed E-state index contributed by atoms with van der Waals surface area (Å²) in [5.74, 6) is 3.49. The van der Waals surface area contributed by atoms with Crippen LogP contribution in [0.25, 0.3) is 0 Å². The Morgan fingerprint density at radius 2 is 2.24 bits per heavy atom. The lowest BCUT2D eigenvalue weighted by molar-refractivity contribution is 0.331. The van der Waals surface area contributed by atoms with Gasteiger partial charge in [-0.3, -0.25) is 0 Å². The van der Waals surface area contributed by atoms with E-state index in [0.29, 0.717) is 16.5 Å². The van der Waals surface area contributed by atoms with Crippen LogP contribution in [0.2, 0.25) is 5.02 Å². The summed E-state index contributed by atoms with van der Waals surface area (Å²) in [6.07, 6.45) is 5.14. The molecule has 0 amide bonds. The minimum absolute atomic E-state index is 0.169. The molecular weight excluding hydrogens is 238 g/mol.